The number of nitrogens with one attached hydrogen (secondary N) is 4. The topological polar surface area (TPSA) is 154 Å². The average Bonchev–Trinajstić information content (AvgIpc) is 2.60. The largest absolute Gasteiger partial charge is 0.480 e. The Morgan fingerprint density at radius 3 is 2.15 bits per heavy atom. The number of carboxylic acid groups (broad SMARTS) is 1. The van der Waals surface area contributed by atoms with Crippen LogP contribution in [0.15, 0.2) is 0 Å². The molecule has 4 amide bonds. The molecule has 1 unspecified atom stereocenters. The van der Waals surface area contributed by atoms with E-state index in [1.165, 1.54) is 18.7 Å². The van der Waals surface area contributed by atoms with Crippen molar-refractivity contribution in [2.24, 2.45) is 0 Å². The second-order valence-corrected chi connectivity index (χ2v) is 6.36. The molecule has 0 fully saturated rings. The normalized spacial score (nSPS) is 12.4. The molecular weight excluding hydrogens is 364 g/mol. The Hall–Kier alpha value is -2.30. The monoisotopic (exact) mass is 390 g/mol. The predicted molar refractivity (Wildman–Crippen MR) is 96.5 cm³/mol. The minimum atomic E-state index is -1.20. The Labute approximate surface area is 156 Å². The SMILES string of the molecule is CCC(=O)NC(CCSC)C(=O)N[C@@H](C)C(=O)NCC(=O)NCC(=O)O. The van der Waals surface area contributed by atoms with Gasteiger partial charge in [-0.15, -0.1) is 0 Å². The van der Waals surface area contributed by atoms with E-state index in [1.54, 1.807) is 6.92 Å². The number of carbonyl (C=O) groups excluding carboxylic acids is 4. The van der Waals surface area contributed by atoms with Gasteiger partial charge in [-0.1, -0.05) is 6.92 Å². The summed E-state index contributed by atoms with van der Waals surface area (Å²) < 4.78 is 0. The van der Waals surface area contributed by atoms with Crippen LogP contribution in [0.5, 0.6) is 0 Å². The molecule has 148 valence electrons. The lowest BCUT2D eigenvalue weighted by Gasteiger charge is -2.20. The van der Waals surface area contributed by atoms with Crippen molar-refractivity contribution in [3.63, 3.8) is 0 Å². The van der Waals surface area contributed by atoms with Crippen LogP contribution >= 0.6 is 11.8 Å². The van der Waals surface area contributed by atoms with Gasteiger partial charge in [-0.2, -0.15) is 11.8 Å². The summed E-state index contributed by atoms with van der Waals surface area (Å²) in [5.74, 6) is -2.55. The van der Waals surface area contributed by atoms with Gasteiger partial charge in [0.05, 0.1) is 6.54 Å². The van der Waals surface area contributed by atoms with Crippen molar-refractivity contribution in [2.45, 2.75) is 38.8 Å². The highest BCUT2D eigenvalue weighted by Gasteiger charge is 2.23. The van der Waals surface area contributed by atoms with Gasteiger partial charge >= 0.3 is 5.97 Å². The van der Waals surface area contributed by atoms with Gasteiger partial charge in [-0.25, -0.2) is 0 Å². The maximum Gasteiger partial charge on any atom is 0.322 e. The maximum absolute atomic E-state index is 12.3. The molecule has 0 aliphatic rings. The summed E-state index contributed by atoms with van der Waals surface area (Å²) in [4.78, 5) is 57.4. The summed E-state index contributed by atoms with van der Waals surface area (Å²) in [7, 11) is 0. The van der Waals surface area contributed by atoms with Gasteiger partial charge in [0.15, 0.2) is 0 Å². The van der Waals surface area contributed by atoms with Gasteiger partial charge < -0.3 is 26.4 Å². The number of carbonyl (C=O) groups is 5. The second-order valence-electron chi connectivity index (χ2n) is 5.37. The van der Waals surface area contributed by atoms with E-state index < -0.39 is 48.9 Å². The fourth-order valence-electron chi connectivity index (χ4n) is 1.74. The molecule has 0 saturated carbocycles. The number of aliphatic carboxylic acids is 1. The fourth-order valence-corrected chi connectivity index (χ4v) is 2.21. The first-order chi connectivity index (χ1) is 12.2. The minimum absolute atomic E-state index is 0.241. The van der Waals surface area contributed by atoms with Crippen LogP contribution in [0.2, 0.25) is 0 Å². The quantitative estimate of drug-likeness (QED) is 0.270. The Bertz CT molecular complexity index is 528. The Balaban J connectivity index is 4.49. The first kappa shape index (κ1) is 23.7. The van der Waals surface area contributed by atoms with Gasteiger partial charge in [0.25, 0.3) is 0 Å². The van der Waals surface area contributed by atoms with Crippen LogP contribution in [-0.4, -0.2) is 71.9 Å². The standard InChI is InChI=1S/C15H26N4O6S/c1-4-11(20)19-10(5-6-26-3)15(25)18-9(2)14(24)17-7-12(21)16-8-13(22)23/h9-10H,4-8H2,1-3H3,(H,16,21)(H,17,24)(H,18,25)(H,19,20)(H,22,23)/t9-,10?/m0/s1. The van der Waals surface area contributed by atoms with Crippen molar-refractivity contribution in [1.82, 2.24) is 21.3 Å². The molecule has 0 rings (SSSR count). The second kappa shape index (κ2) is 13.0. The van der Waals surface area contributed by atoms with Gasteiger partial charge in [-0.3, -0.25) is 24.0 Å². The highest BCUT2D eigenvalue weighted by atomic mass is 32.2. The zero-order chi connectivity index (χ0) is 20.1. The molecular formula is C15H26N4O6S. The molecule has 2 atom stereocenters. The lowest BCUT2D eigenvalue weighted by atomic mass is 10.2. The molecule has 0 aromatic rings. The van der Waals surface area contributed by atoms with Crippen LogP contribution in [0.1, 0.15) is 26.7 Å². The molecule has 0 aromatic heterocycles. The van der Waals surface area contributed by atoms with E-state index in [9.17, 15) is 24.0 Å². The highest BCUT2D eigenvalue weighted by molar-refractivity contribution is 7.98. The van der Waals surface area contributed by atoms with Crippen LogP contribution in [0, 0.1) is 0 Å². The summed E-state index contributed by atoms with van der Waals surface area (Å²) in [6, 6.07) is -1.67. The molecule has 0 aromatic carbocycles. The van der Waals surface area contributed by atoms with Gasteiger partial charge in [-0.05, 0) is 25.4 Å². The zero-order valence-electron chi connectivity index (χ0n) is 15.1. The number of amides is 4. The van der Waals surface area contributed by atoms with Gasteiger partial charge in [0.1, 0.15) is 18.6 Å². The van der Waals surface area contributed by atoms with Crippen LogP contribution < -0.4 is 21.3 Å². The summed E-state index contributed by atoms with van der Waals surface area (Å²) in [5, 5.41) is 17.9. The summed E-state index contributed by atoms with van der Waals surface area (Å²) in [5.41, 5.74) is 0. The summed E-state index contributed by atoms with van der Waals surface area (Å²) >= 11 is 1.53. The van der Waals surface area contributed by atoms with E-state index in [-0.39, 0.29) is 12.3 Å². The van der Waals surface area contributed by atoms with Crippen molar-refractivity contribution in [2.75, 3.05) is 25.1 Å². The van der Waals surface area contributed by atoms with Crippen molar-refractivity contribution >= 4 is 41.4 Å². The van der Waals surface area contributed by atoms with Gasteiger partial charge in [0, 0.05) is 6.42 Å². The van der Waals surface area contributed by atoms with Crippen molar-refractivity contribution in [3.8, 4) is 0 Å². The van der Waals surface area contributed by atoms with Crippen molar-refractivity contribution < 1.29 is 29.1 Å². The number of rotatable bonds is 12. The van der Waals surface area contributed by atoms with Crippen LogP contribution in [0.4, 0.5) is 0 Å². The zero-order valence-corrected chi connectivity index (χ0v) is 15.9. The Kier molecular flexibility index (Phi) is 11.8. The molecule has 26 heavy (non-hydrogen) atoms. The molecule has 0 saturated heterocycles. The first-order valence-corrected chi connectivity index (χ1v) is 9.45. The van der Waals surface area contributed by atoms with E-state index in [4.69, 9.17) is 5.11 Å². The highest BCUT2D eigenvalue weighted by Crippen LogP contribution is 2.02. The van der Waals surface area contributed by atoms with Crippen molar-refractivity contribution in [3.05, 3.63) is 0 Å². The Morgan fingerprint density at radius 1 is 0.962 bits per heavy atom. The number of hydrogen-bond donors (Lipinski definition) is 5. The smallest absolute Gasteiger partial charge is 0.322 e. The lowest BCUT2D eigenvalue weighted by Crippen LogP contribution is -2.53. The van der Waals surface area contributed by atoms with Crippen LogP contribution in [0.25, 0.3) is 0 Å². The summed E-state index contributed by atoms with van der Waals surface area (Å²) in [6.45, 7) is 2.16. The van der Waals surface area contributed by atoms with Gasteiger partial charge in [0.2, 0.25) is 23.6 Å². The third-order valence-corrected chi connectivity index (χ3v) is 3.84. The molecule has 10 nitrogen and oxygen atoms in total. The molecule has 0 aliphatic carbocycles. The molecule has 11 heteroatoms. The van der Waals surface area contributed by atoms with Crippen LogP contribution in [0.3, 0.4) is 0 Å². The third-order valence-electron chi connectivity index (χ3n) is 3.20. The van der Waals surface area contributed by atoms with Crippen molar-refractivity contribution in [1.29, 1.82) is 0 Å². The minimum Gasteiger partial charge on any atom is -0.480 e. The third kappa shape index (κ3) is 10.5. The predicted octanol–water partition coefficient (Wildman–Crippen LogP) is -1.54. The number of carboxylic acids is 1. The van der Waals surface area contributed by atoms with E-state index in [2.05, 4.69) is 21.3 Å². The van der Waals surface area contributed by atoms with Crippen LogP contribution in [-0.2, 0) is 24.0 Å². The van der Waals surface area contributed by atoms with E-state index in [0.29, 0.717) is 12.2 Å². The average molecular weight is 390 g/mol. The number of thioether (sulfide) groups is 1. The first-order valence-electron chi connectivity index (χ1n) is 8.06. The van der Waals surface area contributed by atoms with E-state index >= 15 is 0 Å². The maximum atomic E-state index is 12.3. The molecule has 0 radical (unpaired) electrons. The molecule has 0 aliphatic heterocycles. The lowest BCUT2D eigenvalue weighted by molar-refractivity contribution is -0.138. The summed E-state index contributed by atoms with van der Waals surface area (Å²) in [6.07, 6.45) is 2.54. The molecule has 0 bridgehead atoms. The number of hydrogen-bond acceptors (Lipinski definition) is 6. The van der Waals surface area contributed by atoms with E-state index in [1.807, 2.05) is 6.26 Å². The molecule has 0 heterocycles. The fraction of sp³-hybridized carbons (Fsp3) is 0.667. The molecule has 5 N–H and O–H groups in total. The Morgan fingerprint density at radius 2 is 1.62 bits per heavy atom. The molecule has 0 spiro atoms. The van der Waals surface area contributed by atoms with E-state index in [0.717, 1.165) is 0 Å².